The zero-order chi connectivity index (χ0) is 19.4. The second-order valence-electron chi connectivity index (χ2n) is 5.55. The van der Waals surface area contributed by atoms with E-state index in [4.69, 9.17) is 21.1 Å². The fraction of sp³-hybridized carbons (Fsp3) is 0.294. The molecule has 3 aromatic rings. The van der Waals surface area contributed by atoms with E-state index in [2.05, 4.69) is 20.1 Å². The van der Waals surface area contributed by atoms with Crippen molar-refractivity contribution >= 4 is 40.3 Å². The number of oxime groups is 1. The molecular formula is C17H17ClN4O4S. The highest BCUT2D eigenvalue weighted by molar-refractivity contribution is 7.17. The minimum atomic E-state index is -0.442. The third kappa shape index (κ3) is 4.55. The summed E-state index contributed by atoms with van der Waals surface area (Å²) in [5.41, 5.74) is 0.827. The molecule has 0 bridgehead atoms. The van der Waals surface area contributed by atoms with E-state index in [1.54, 1.807) is 28.8 Å². The summed E-state index contributed by atoms with van der Waals surface area (Å²) in [5.74, 6) is 0.798. The molecule has 0 radical (unpaired) electrons. The smallest absolute Gasteiger partial charge is 0.317 e. The summed E-state index contributed by atoms with van der Waals surface area (Å²) in [6.07, 6.45) is 0.725. The second-order valence-corrected chi connectivity index (χ2v) is 7.05. The Kier molecular flexibility index (Phi) is 5.92. The van der Waals surface area contributed by atoms with E-state index in [0.29, 0.717) is 21.6 Å². The number of thiazole rings is 1. The quantitative estimate of drug-likeness (QED) is 0.257. The molecule has 27 heavy (non-hydrogen) atoms. The van der Waals surface area contributed by atoms with Crippen molar-refractivity contribution in [3.8, 4) is 5.75 Å². The molecule has 2 heterocycles. The van der Waals surface area contributed by atoms with Crippen molar-refractivity contribution in [1.82, 2.24) is 14.6 Å². The predicted molar refractivity (Wildman–Crippen MR) is 101 cm³/mol. The second kappa shape index (κ2) is 8.36. The highest BCUT2D eigenvalue weighted by atomic mass is 35.5. The third-order valence-corrected chi connectivity index (χ3v) is 5.04. The number of aryl methyl sites for hydroxylation is 1. The van der Waals surface area contributed by atoms with E-state index >= 15 is 0 Å². The molecule has 0 aliphatic carbocycles. The Balaban J connectivity index is 1.71. The molecule has 0 aliphatic rings. The number of fused-ring (bicyclic) bond motifs is 1. The summed E-state index contributed by atoms with van der Waals surface area (Å²) in [7, 11) is 1.36. The Hall–Kier alpha value is -2.65. The monoisotopic (exact) mass is 408 g/mol. The maximum Gasteiger partial charge on any atom is 0.317 e. The zero-order valence-corrected chi connectivity index (χ0v) is 16.5. The van der Waals surface area contributed by atoms with Crippen LogP contribution in [0.5, 0.6) is 5.75 Å². The van der Waals surface area contributed by atoms with Gasteiger partial charge in [-0.25, -0.2) is 4.52 Å². The van der Waals surface area contributed by atoms with Crippen LogP contribution in [0.1, 0.15) is 29.4 Å². The average Bonchev–Trinajstić information content (AvgIpc) is 3.17. The van der Waals surface area contributed by atoms with E-state index in [1.807, 2.05) is 13.8 Å². The molecule has 0 saturated carbocycles. The van der Waals surface area contributed by atoms with Crippen molar-refractivity contribution in [2.24, 2.45) is 5.16 Å². The summed E-state index contributed by atoms with van der Waals surface area (Å²) in [6, 6.07) is 7.10. The van der Waals surface area contributed by atoms with Crippen LogP contribution < -0.4 is 4.74 Å². The van der Waals surface area contributed by atoms with Crippen molar-refractivity contribution in [2.45, 2.75) is 26.4 Å². The topological polar surface area (TPSA) is 87.3 Å². The van der Waals surface area contributed by atoms with Crippen LogP contribution in [0.15, 0.2) is 29.4 Å². The zero-order valence-electron chi connectivity index (χ0n) is 14.9. The average molecular weight is 409 g/mol. The van der Waals surface area contributed by atoms with Gasteiger partial charge in [-0.15, -0.1) is 5.10 Å². The Bertz CT molecular complexity index is 967. The summed E-state index contributed by atoms with van der Waals surface area (Å²) in [6.45, 7) is 3.75. The number of halogens is 1. The summed E-state index contributed by atoms with van der Waals surface area (Å²) in [4.78, 5) is 22.2. The van der Waals surface area contributed by atoms with Gasteiger partial charge < -0.3 is 14.3 Å². The van der Waals surface area contributed by atoms with Crippen LogP contribution in [0, 0.1) is 6.92 Å². The van der Waals surface area contributed by atoms with Gasteiger partial charge in [0.25, 0.3) is 0 Å². The number of esters is 1. The fourth-order valence-electron chi connectivity index (χ4n) is 2.30. The van der Waals surface area contributed by atoms with Crippen LogP contribution in [0.3, 0.4) is 0 Å². The molecule has 0 amide bonds. The van der Waals surface area contributed by atoms with Crippen molar-refractivity contribution in [2.75, 3.05) is 7.11 Å². The first kappa shape index (κ1) is 19.1. The number of carbonyl (C=O) groups excluding carboxylic acids is 1. The molecule has 2 aromatic heterocycles. The van der Waals surface area contributed by atoms with Gasteiger partial charge in [-0.3, -0.25) is 4.79 Å². The van der Waals surface area contributed by atoms with Crippen molar-refractivity contribution in [3.05, 3.63) is 45.7 Å². The highest BCUT2D eigenvalue weighted by Crippen LogP contribution is 2.26. The van der Waals surface area contributed by atoms with Crippen LogP contribution in [-0.4, -0.2) is 34.1 Å². The minimum Gasteiger partial charge on any atom is -0.483 e. The highest BCUT2D eigenvalue weighted by Gasteiger charge is 2.19. The Morgan fingerprint density at radius 1 is 1.41 bits per heavy atom. The number of rotatable bonds is 7. The van der Waals surface area contributed by atoms with Crippen LogP contribution in [-0.2, 0) is 20.8 Å². The van der Waals surface area contributed by atoms with E-state index in [-0.39, 0.29) is 12.5 Å². The first-order valence-corrected chi connectivity index (χ1v) is 9.19. The van der Waals surface area contributed by atoms with Crippen LogP contribution in [0.25, 0.3) is 4.96 Å². The Morgan fingerprint density at radius 2 is 2.15 bits per heavy atom. The van der Waals surface area contributed by atoms with Gasteiger partial charge >= 0.3 is 5.97 Å². The first-order chi connectivity index (χ1) is 13.0. The number of nitrogens with zero attached hydrogens (tertiary/aromatic N) is 4. The molecule has 142 valence electrons. The summed E-state index contributed by atoms with van der Waals surface area (Å²) < 4.78 is 12.4. The predicted octanol–water partition coefficient (Wildman–Crippen LogP) is 3.57. The van der Waals surface area contributed by atoms with E-state index < -0.39 is 5.97 Å². The number of carbonyl (C=O) groups is 1. The molecule has 0 aliphatic heterocycles. The molecule has 10 heteroatoms. The van der Waals surface area contributed by atoms with Gasteiger partial charge in [-0.2, -0.15) is 4.98 Å². The molecule has 1 atom stereocenters. The van der Waals surface area contributed by atoms with Crippen molar-refractivity contribution < 1.29 is 19.1 Å². The SMILES string of the molecule is CO/N=C/OC(=O)Cc1sc2nc(C(C)Oc3ccc(Cl)cc3)nn2c1C. The van der Waals surface area contributed by atoms with Crippen LogP contribution in [0.2, 0.25) is 5.02 Å². The third-order valence-electron chi connectivity index (χ3n) is 3.66. The summed E-state index contributed by atoms with van der Waals surface area (Å²) >= 11 is 7.26. The molecule has 0 spiro atoms. The number of hydrogen-bond donors (Lipinski definition) is 0. The number of benzene rings is 1. The van der Waals surface area contributed by atoms with E-state index in [0.717, 1.165) is 17.0 Å². The molecule has 0 saturated heterocycles. The normalized spacial score (nSPS) is 12.4. The standard InChI is InChI=1S/C17H17ClN4O4S/c1-10-14(8-15(23)25-9-19-24-3)27-17-20-16(21-22(10)17)11(2)26-13-6-4-12(18)5-7-13/h4-7,9,11H,8H2,1-3H3/b19-9+. The molecule has 0 N–H and O–H groups in total. The van der Waals surface area contributed by atoms with Gasteiger partial charge in [-0.1, -0.05) is 28.1 Å². The van der Waals surface area contributed by atoms with Gasteiger partial charge in [0.05, 0.1) is 12.1 Å². The van der Waals surface area contributed by atoms with Gasteiger partial charge in [0.1, 0.15) is 12.9 Å². The van der Waals surface area contributed by atoms with Crippen molar-refractivity contribution in [3.63, 3.8) is 0 Å². The lowest BCUT2D eigenvalue weighted by Gasteiger charge is -2.11. The first-order valence-electron chi connectivity index (χ1n) is 7.99. The molecular weight excluding hydrogens is 392 g/mol. The lowest BCUT2D eigenvalue weighted by Crippen LogP contribution is -2.08. The number of hydrogen-bond acceptors (Lipinski definition) is 8. The lowest BCUT2D eigenvalue weighted by molar-refractivity contribution is -0.134. The Labute approximate surface area is 164 Å². The van der Waals surface area contributed by atoms with E-state index in [1.165, 1.54) is 18.4 Å². The molecule has 8 nitrogen and oxygen atoms in total. The fourth-order valence-corrected chi connectivity index (χ4v) is 3.48. The largest absolute Gasteiger partial charge is 0.483 e. The maximum atomic E-state index is 11.8. The Morgan fingerprint density at radius 3 is 2.81 bits per heavy atom. The molecule has 0 fully saturated rings. The van der Waals surface area contributed by atoms with Gasteiger partial charge in [-0.05, 0) is 38.1 Å². The molecule has 1 aromatic carbocycles. The van der Waals surface area contributed by atoms with Gasteiger partial charge in [0.2, 0.25) is 11.4 Å². The van der Waals surface area contributed by atoms with Crippen molar-refractivity contribution in [1.29, 1.82) is 0 Å². The molecule has 1 unspecified atom stereocenters. The van der Waals surface area contributed by atoms with Crippen LogP contribution >= 0.6 is 22.9 Å². The van der Waals surface area contributed by atoms with E-state index in [9.17, 15) is 4.79 Å². The maximum absolute atomic E-state index is 11.8. The minimum absolute atomic E-state index is 0.101. The number of aromatic nitrogens is 3. The van der Waals surface area contributed by atoms with Crippen LogP contribution in [0.4, 0.5) is 0 Å². The lowest BCUT2D eigenvalue weighted by atomic mass is 10.3. The molecule has 3 rings (SSSR count). The number of ether oxygens (including phenoxy) is 2. The van der Waals surface area contributed by atoms with Gasteiger partial charge in [0, 0.05) is 9.90 Å². The van der Waals surface area contributed by atoms with Gasteiger partial charge in [0.15, 0.2) is 11.9 Å². The summed E-state index contributed by atoms with van der Waals surface area (Å²) in [5, 5.41) is 8.50.